The van der Waals surface area contributed by atoms with Crippen molar-refractivity contribution in [2.45, 2.75) is 90.8 Å². The zero-order valence-electron chi connectivity index (χ0n) is 18.7. The number of hydrogen-bond acceptors (Lipinski definition) is 5. The SMILES string of the molecule is CCCC(C)CO[C@H]1C[C@H](O)C(O)=C2C=C(O)[C@@H](C)[C@@H](CCCCCCC(=O)O)[C@H]21. The van der Waals surface area contributed by atoms with Gasteiger partial charge in [0.1, 0.15) is 11.9 Å². The fourth-order valence-corrected chi connectivity index (χ4v) is 5.01. The van der Waals surface area contributed by atoms with Gasteiger partial charge in [0.15, 0.2) is 0 Å². The summed E-state index contributed by atoms with van der Waals surface area (Å²) in [5, 5.41) is 40.2. The number of aliphatic hydroxyl groups excluding tert-OH is 3. The Balaban J connectivity index is 2.10. The zero-order valence-corrected chi connectivity index (χ0v) is 18.7. The number of carboxylic acid groups (broad SMARTS) is 1. The second-order valence-corrected chi connectivity index (χ2v) is 9.25. The highest BCUT2D eigenvalue weighted by atomic mass is 16.5. The molecular weight excluding hydrogens is 384 g/mol. The van der Waals surface area contributed by atoms with Crippen molar-refractivity contribution in [3.8, 4) is 0 Å². The largest absolute Gasteiger partial charge is 0.512 e. The smallest absolute Gasteiger partial charge is 0.303 e. The van der Waals surface area contributed by atoms with Gasteiger partial charge in [-0.1, -0.05) is 46.5 Å². The predicted octanol–water partition coefficient (Wildman–Crippen LogP) is 5.13. The Morgan fingerprint density at radius 1 is 1.23 bits per heavy atom. The molecule has 2 aliphatic carbocycles. The van der Waals surface area contributed by atoms with Crippen molar-refractivity contribution in [3.05, 3.63) is 23.2 Å². The zero-order chi connectivity index (χ0) is 22.3. The number of aliphatic carboxylic acids is 1. The van der Waals surface area contributed by atoms with Crippen LogP contribution in [-0.2, 0) is 9.53 Å². The molecule has 1 unspecified atom stereocenters. The van der Waals surface area contributed by atoms with Crippen LogP contribution in [0.4, 0.5) is 0 Å². The Labute approximate surface area is 180 Å². The van der Waals surface area contributed by atoms with Gasteiger partial charge in [-0.15, -0.1) is 0 Å². The second-order valence-electron chi connectivity index (χ2n) is 9.25. The minimum Gasteiger partial charge on any atom is -0.512 e. The number of aliphatic hydroxyl groups is 3. The van der Waals surface area contributed by atoms with E-state index in [4.69, 9.17) is 9.84 Å². The molecule has 0 heterocycles. The molecule has 0 aliphatic heterocycles. The van der Waals surface area contributed by atoms with Crippen LogP contribution in [-0.4, -0.2) is 45.2 Å². The van der Waals surface area contributed by atoms with Crippen molar-refractivity contribution >= 4 is 5.97 Å². The average Bonchev–Trinajstić information content (AvgIpc) is 2.69. The van der Waals surface area contributed by atoms with Crippen LogP contribution in [0.3, 0.4) is 0 Å². The third-order valence-corrected chi connectivity index (χ3v) is 6.75. The standard InChI is InChI=1S/C24H40O6/c1-4-9-15(2)14-30-21-13-20(26)24(29)18-12-19(25)16(3)17(23(18)21)10-7-5-6-8-11-22(27)28/h12,15-17,20-21,23,25-26,29H,4-11,13-14H2,1-3H3,(H,27,28)/t15?,16-,17+,20-,21-,23+/m0/s1. The molecule has 2 rings (SSSR count). The van der Waals surface area contributed by atoms with E-state index < -0.39 is 12.1 Å². The van der Waals surface area contributed by atoms with Gasteiger partial charge in [0.25, 0.3) is 0 Å². The van der Waals surface area contributed by atoms with Crippen LogP contribution in [0.25, 0.3) is 0 Å². The molecule has 6 heteroatoms. The fourth-order valence-electron chi connectivity index (χ4n) is 5.01. The summed E-state index contributed by atoms with van der Waals surface area (Å²) in [6, 6.07) is 0. The van der Waals surface area contributed by atoms with Crippen molar-refractivity contribution in [1.29, 1.82) is 0 Å². The molecule has 30 heavy (non-hydrogen) atoms. The molecule has 4 N–H and O–H groups in total. The lowest BCUT2D eigenvalue weighted by atomic mass is 9.65. The van der Waals surface area contributed by atoms with E-state index >= 15 is 0 Å². The lowest BCUT2D eigenvalue weighted by Crippen LogP contribution is -2.44. The van der Waals surface area contributed by atoms with Crippen molar-refractivity contribution in [3.63, 3.8) is 0 Å². The maximum atomic E-state index is 10.7. The first-order valence-electron chi connectivity index (χ1n) is 11.6. The lowest BCUT2D eigenvalue weighted by molar-refractivity contribution is -0.137. The van der Waals surface area contributed by atoms with E-state index in [0.717, 1.165) is 38.5 Å². The number of hydrogen-bond donors (Lipinski definition) is 4. The summed E-state index contributed by atoms with van der Waals surface area (Å²) in [6.07, 6.45) is 7.56. The summed E-state index contributed by atoms with van der Waals surface area (Å²) in [5.74, 6) is -0.0815. The monoisotopic (exact) mass is 424 g/mol. The summed E-state index contributed by atoms with van der Waals surface area (Å²) >= 11 is 0. The van der Waals surface area contributed by atoms with Crippen LogP contribution in [0.1, 0.15) is 78.6 Å². The topological polar surface area (TPSA) is 107 Å². The van der Waals surface area contributed by atoms with Gasteiger partial charge in [0, 0.05) is 36.9 Å². The molecule has 6 atom stereocenters. The first-order chi connectivity index (χ1) is 14.3. The molecule has 0 aromatic heterocycles. The van der Waals surface area contributed by atoms with Gasteiger partial charge < -0.3 is 25.2 Å². The quantitative estimate of drug-likeness (QED) is 0.323. The van der Waals surface area contributed by atoms with Gasteiger partial charge in [0.05, 0.1) is 11.9 Å². The van der Waals surface area contributed by atoms with E-state index in [9.17, 15) is 20.1 Å². The summed E-state index contributed by atoms with van der Waals surface area (Å²) in [4.78, 5) is 10.7. The van der Waals surface area contributed by atoms with Crippen LogP contribution >= 0.6 is 0 Å². The Bertz CT molecular complexity index is 625. The van der Waals surface area contributed by atoms with E-state index in [0.29, 0.717) is 30.9 Å². The molecular formula is C24H40O6. The lowest BCUT2D eigenvalue weighted by Gasteiger charge is -2.44. The average molecular weight is 425 g/mol. The van der Waals surface area contributed by atoms with Gasteiger partial charge in [-0.2, -0.15) is 0 Å². The number of rotatable bonds is 12. The van der Waals surface area contributed by atoms with Crippen LogP contribution in [0.5, 0.6) is 0 Å². The minimum atomic E-state index is -0.961. The van der Waals surface area contributed by atoms with Crippen molar-refractivity contribution in [2.24, 2.45) is 23.7 Å². The molecule has 0 radical (unpaired) electrons. The molecule has 0 spiro atoms. The molecule has 0 bridgehead atoms. The predicted molar refractivity (Wildman–Crippen MR) is 116 cm³/mol. The van der Waals surface area contributed by atoms with Crippen LogP contribution < -0.4 is 0 Å². The van der Waals surface area contributed by atoms with Gasteiger partial charge in [-0.05, 0) is 37.2 Å². The second kappa shape index (κ2) is 11.8. The fraction of sp³-hybridized carbons (Fsp3) is 0.792. The third-order valence-electron chi connectivity index (χ3n) is 6.75. The first kappa shape index (κ1) is 24.7. The number of ether oxygens (including phenoxy) is 1. The molecule has 0 fully saturated rings. The maximum absolute atomic E-state index is 10.7. The van der Waals surface area contributed by atoms with Gasteiger partial charge >= 0.3 is 5.97 Å². The highest BCUT2D eigenvalue weighted by Crippen LogP contribution is 2.47. The highest BCUT2D eigenvalue weighted by molar-refractivity contribution is 5.66. The van der Waals surface area contributed by atoms with E-state index in [1.54, 1.807) is 6.08 Å². The third kappa shape index (κ3) is 6.48. The normalized spacial score (nSPS) is 30.0. The summed E-state index contributed by atoms with van der Waals surface area (Å²) in [6.45, 7) is 6.96. The molecule has 0 aromatic rings. The van der Waals surface area contributed by atoms with Crippen molar-refractivity contribution < 1.29 is 30.0 Å². The molecule has 0 aromatic carbocycles. The van der Waals surface area contributed by atoms with Gasteiger partial charge in [0.2, 0.25) is 0 Å². The number of fused-ring (bicyclic) bond motifs is 1. The molecule has 6 nitrogen and oxygen atoms in total. The van der Waals surface area contributed by atoms with E-state index in [1.165, 1.54) is 0 Å². The number of carboxylic acids is 1. The van der Waals surface area contributed by atoms with Crippen molar-refractivity contribution in [2.75, 3.05) is 6.61 Å². The number of unbranched alkanes of at least 4 members (excludes halogenated alkanes) is 3. The number of allylic oxidation sites excluding steroid dienone is 2. The van der Waals surface area contributed by atoms with E-state index in [1.807, 2.05) is 6.92 Å². The van der Waals surface area contributed by atoms with Crippen LogP contribution in [0, 0.1) is 23.7 Å². The highest BCUT2D eigenvalue weighted by Gasteiger charge is 2.45. The van der Waals surface area contributed by atoms with Crippen LogP contribution in [0.2, 0.25) is 0 Å². The summed E-state index contributed by atoms with van der Waals surface area (Å²) in [5.41, 5.74) is 0.619. The van der Waals surface area contributed by atoms with Gasteiger partial charge in [-0.3, -0.25) is 4.79 Å². The Kier molecular flexibility index (Phi) is 9.69. The minimum absolute atomic E-state index is 0.0358. The van der Waals surface area contributed by atoms with Gasteiger partial charge in [-0.25, -0.2) is 0 Å². The molecule has 0 saturated carbocycles. The first-order valence-corrected chi connectivity index (χ1v) is 11.6. The molecule has 0 saturated heterocycles. The molecule has 2 aliphatic rings. The summed E-state index contributed by atoms with van der Waals surface area (Å²) < 4.78 is 6.29. The van der Waals surface area contributed by atoms with Crippen LogP contribution in [0.15, 0.2) is 23.2 Å². The maximum Gasteiger partial charge on any atom is 0.303 e. The van der Waals surface area contributed by atoms with E-state index in [2.05, 4.69) is 13.8 Å². The Morgan fingerprint density at radius 2 is 1.93 bits per heavy atom. The Morgan fingerprint density at radius 3 is 2.60 bits per heavy atom. The van der Waals surface area contributed by atoms with E-state index in [-0.39, 0.29) is 41.8 Å². The number of carbonyl (C=O) groups is 1. The molecule has 172 valence electrons. The van der Waals surface area contributed by atoms with Crippen molar-refractivity contribution in [1.82, 2.24) is 0 Å². The molecule has 0 amide bonds. The summed E-state index contributed by atoms with van der Waals surface area (Å²) in [7, 11) is 0. The Hall–Kier alpha value is -1.53.